The van der Waals surface area contributed by atoms with Gasteiger partial charge in [-0.25, -0.2) is 9.78 Å². The van der Waals surface area contributed by atoms with Crippen LogP contribution in [0.4, 0.5) is 0 Å². The molecule has 0 fully saturated rings. The van der Waals surface area contributed by atoms with Crippen LogP contribution in [0.5, 0.6) is 0 Å². The Balaban J connectivity index is 3.81. The van der Waals surface area contributed by atoms with E-state index in [1.54, 1.807) is 7.11 Å². The Morgan fingerprint density at radius 1 is 0.467 bits per heavy atom. The summed E-state index contributed by atoms with van der Waals surface area (Å²) in [5.41, 5.74) is 0. The SMILES string of the molecule is CCCCCCCCCOC(CCCCCCOOC)OCCCCCCCCC. The highest BCUT2D eigenvalue weighted by Gasteiger charge is 2.09. The molecule has 0 aliphatic rings. The first-order chi connectivity index (χ1) is 14.8. The molecule has 4 heteroatoms. The van der Waals surface area contributed by atoms with Gasteiger partial charge in [-0.05, 0) is 32.1 Å². The summed E-state index contributed by atoms with van der Waals surface area (Å²) in [7, 11) is 1.57. The van der Waals surface area contributed by atoms with Gasteiger partial charge in [-0.3, -0.25) is 0 Å². The minimum atomic E-state index is -0.0135. The van der Waals surface area contributed by atoms with Crippen LogP contribution in [-0.4, -0.2) is 33.2 Å². The lowest BCUT2D eigenvalue weighted by atomic mass is 10.1. The molecule has 0 N–H and O–H groups in total. The number of hydrogen-bond donors (Lipinski definition) is 0. The highest BCUT2D eigenvalue weighted by Crippen LogP contribution is 2.14. The molecule has 0 bridgehead atoms. The van der Waals surface area contributed by atoms with Gasteiger partial charge in [0, 0.05) is 13.2 Å². The summed E-state index contributed by atoms with van der Waals surface area (Å²) in [5, 5.41) is 0. The molecular weight excluding hydrogens is 376 g/mol. The lowest BCUT2D eigenvalue weighted by Crippen LogP contribution is -2.19. The Morgan fingerprint density at radius 2 is 0.867 bits per heavy atom. The quantitative estimate of drug-likeness (QED) is 0.0597. The number of unbranched alkanes of at least 4 members (excludes halogenated alkanes) is 15. The monoisotopic (exact) mass is 430 g/mol. The molecule has 4 nitrogen and oxygen atoms in total. The molecule has 0 aromatic carbocycles. The number of ether oxygens (including phenoxy) is 2. The van der Waals surface area contributed by atoms with Gasteiger partial charge < -0.3 is 9.47 Å². The fraction of sp³-hybridized carbons (Fsp3) is 1.00. The van der Waals surface area contributed by atoms with Crippen LogP contribution >= 0.6 is 0 Å². The van der Waals surface area contributed by atoms with Crippen LogP contribution in [0.25, 0.3) is 0 Å². The van der Waals surface area contributed by atoms with E-state index >= 15 is 0 Å². The van der Waals surface area contributed by atoms with Gasteiger partial charge in [0.25, 0.3) is 0 Å². The van der Waals surface area contributed by atoms with Gasteiger partial charge in [-0.1, -0.05) is 104 Å². The van der Waals surface area contributed by atoms with Crippen LogP contribution in [0.3, 0.4) is 0 Å². The molecule has 0 unspecified atom stereocenters. The van der Waals surface area contributed by atoms with Crippen molar-refractivity contribution in [3.05, 3.63) is 0 Å². The average molecular weight is 431 g/mol. The lowest BCUT2D eigenvalue weighted by molar-refractivity contribution is -0.272. The fourth-order valence-corrected chi connectivity index (χ4v) is 3.67. The van der Waals surface area contributed by atoms with E-state index in [0.717, 1.165) is 45.3 Å². The molecule has 0 radical (unpaired) electrons. The third-order valence-corrected chi connectivity index (χ3v) is 5.64. The number of rotatable bonds is 26. The van der Waals surface area contributed by atoms with Crippen molar-refractivity contribution in [2.45, 2.75) is 142 Å². The summed E-state index contributed by atoms with van der Waals surface area (Å²) in [6.45, 7) is 6.92. The molecule has 182 valence electrons. The fourth-order valence-electron chi connectivity index (χ4n) is 3.67. The van der Waals surface area contributed by atoms with Crippen LogP contribution < -0.4 is 0 Å². The molecule has 0 spiro atoms. The van der Waals surface area contributed by atoms with Crippen molar-refractivity contribution in [2.24, 2.45) is 0 Å². The van der Waals surface area contributed by atoms with Crippen molar-refractivity contribution < 1.29 is 19.2 Å². The second-order valence-electron chi connectivity index (χ2n) is 8.61. The molecule has 0 rings (SSSR count). The van der Waals surface area contributed by atoms with Crippen LogP contribution in [0.2, 0.25) is 0 Å². The van der Waals surface area contributed by atoms with Crippen LogP contribution in [-0.2, 0) is 19.2 Å². The maximum Gasteiger partial charge on any atom is 0.157 e. The van der Waals surface area contributed by atoms with E-state index in [1.165, 1.54) is 89.9 Å². The van der Waals surface area contributed by atoms with Gasteiger partial charge in [0.1, 0.15) is 0 Å². The molecule has 30 heavy (non-hydrogen) atoms. The smallest absolute Gasteiger partial charge is 0.157 e. The zero-order valence-corrected chi connectivity index (χ0v) is 20.8. The van der Waals surface area contributed by atoms with Crippen LogP contribution in [0, 0.1) is 0 Å². The standard InChI is InChI=1S/C26H54O4/c1-4-6-8-10-12-15-19-23-28-26(22-18-14-17-21-25-30-27-3)29-24-20-16-13-11-9-7-5-2/h26H,4-25H2,1-3H3. The first-order valence-electron chi connectivity index (χ1n) is 13.2. The molecule has 0 amide bonds. The Kier molecular flexibility index (Phi) is 26.7. The van der Waals surface area contributed by atoms with E-state index in [1.807, 2.05) is 0 Å². The minimum absolute atomic E-state index is 0.0135. The van der Waals surface area contributed by atoms with Crippen molar-refractivity contribution >= 4 is 0 Å². The minimum Gasteiger partial charge on any atom is -0.353 e. The molecule has 0 saturated heterocycles. The zero-order valence-electron chi connectivity index (χ0n) is 20.8. The summed E-state index contributed by atoms with van der Waals surface area (Å²) in [6, 6.07) is 0. The van der Waals surface area contributed by atoms with Crippen LogP contribution in [0.1, 0.15) is 136 Å². The molecule has 0 heterocycles. The number of hydrogen-bond acceptors (Lipinski definition) is 4. The van der Waals surface area contributed by atoms with Gasteiger partial charge in [0.05, 0.1) is 13.7 Å². The first kappa shape index (κ1) is 29.8. The topological polar surface area (TPSA) is 36.9 Å². The van der Waals surface area contributed by atoms with E-state index in [-0.39, 0.29) is 6.29 Å². The molecular formula is C26H54O4. The van der Waals surface area contributed by atoms with Crippen molar-refractivity contribution in [1.29, 1.82) is 0 Å². The Hall–Kier alpha value is -0.160. The Labute approximate surface area is 188 Å². The van der Waals surface area contributed by atoms with Gasteiger partial charge in [-0.2, -0.15) is 0 Å². The Bertz CT molecular complexity index is 279. The normalized spacial score (nSPS) is 11.6. The summed E-state index contributed by atoms with van der Waals surface area (Å²) in [5.74, 6) is 0. The summed E-state index contributed by atoms with van der Waals surface area (Å²) >= 11 is 0. The maximum atomic E-state index is 6.11. The molecule has 0 atom stereocenters. The highest BCUT2D eigenvalue weighted by molar-refractivity contribution is 4.52. The molecule has 0 aliphatic carbocycles. The highest BCUT2D eigenvalue weighted by atomic mass is 17.2. The van der Waals surface area contributed by atoms with Crippen molar-refractivity contribution in [2.75, 3.05) is 26.9 Å². The van der Waals surface area contributed by atoms with Crippen LogP contribution in [0.15, 0.2) is 0 Å². The predicted molar refractivity (Wildman–Crippen MR) is 128 cm³/mol. The Morgan fingerprint density at radius 3 is 1.33 bits per heavy atom. The second kappa shape index (κ2) is 26.9. The van der Waals surface area contributed by atoms with E-state index in [9.17, 15) is 0 Å². The van der Waals surface area contributed by atoms with Gasteiger partial charge in [0.2, 0.25) is 0 Å². The lowest BCUT2D eigenvalue weighted by Gasteiger charge is -2.19. The van der Waals surface area contributed by atoms with E-state index in [2.05, 4.69) is 18.7 Å². The first-order valence-corrected chi connectivity index (χ1v) is 13.2. The van der Waals surface area contributed by atoms with Gasteiger partial charge in [0.15, 0.2) is 6.29 Å². The van der Waals surface area contributed by atoms with E-state index < -0.39 is 0 Å². The second-order valence-corrected chi connectivity index (χ2v) is 8.61. The van der Waals surface area contributed by atoms with Gasteiger partial charge >= 0.3 is 0 Å². The summed E-state index contributed by atoms with van der Waals surface area (Å²) in [4.78, 5) is 9.55. The van der Waals surface area contributed by atoms with Crippen molar-refractivity contribution in [1.82, 2.24) is 0 Å². The van der Waals surface area contributed by atoms with E-state index in [0.29, 0.717) is 6.61 Å². The molecule has 0 aromatic rings. The van der Waals surface area contributed by atoms with Crippen molar-refractivity contribution in [3.63, 3.8) is 0 Å². The molecule has 0 aromatic heterocycles. The van der Waals surface area contributed by atoms with E-state index in [4.69, 9.17) is 14.4 Å². The summed E-state index contributed by atoms with van der Waals surface area (Å²) in [6.07, 6.45) is 24.1. The third kappa shape index (κ3) is 24.1. The maximum absolute atomic E-state index is 6.11. The zero-order chi connectivity index (χ0) is 22.0. The third-order valence-electron chi connectivity index (χ3n) is 5.64. The molecule has 0 aliphatic heterocycles. The molecule has 0 saturated carbocycles. The van der Waals surface area contributed by atoms with Gasteiger partial charge in [-0.15, -0.1) is 0 Å². The largest absolute Gasteiger partial charge is 0.353 e. The summed E-state index contributed by atoms with van der Waals surface area (Å²) < 4.78 is 12.2. The predicted octanol–water partition coefficient (Wildman–Crippen LogP) is 8.38. The van der Waals surface area contributed by atoms with Crippen molar-refractivity contribution in [3.8, 4) is 0 Å². The average Bonchev–Trinajstić information content (AvgIpc) is 2.76.